The second-order valence-electron chi connectivity index (χ2n) is 7.62. The topological polar surface area (TPSA) is 0 Å². The molecule has 0 amide bonds. The predicted molar refractivity (Wildman–Crippen MR) is 114 cm³/mol. The van der Waals surface area contributed by atoms with Gasteiger partial charge in [0.05, 0.1) is 11.1 Å². The van der Waals surface area contributed by atoms with E-state index in [4.69, 9.17) is 0 Å². The third kappa shape index (κ3) is 4.09. The molecule has 0 bridgehead atoms. The lowest BCUT2D eigenvalue weighted by Crippen LogP contribution is -2.04. The number of halogens is 6. The lowest BCUT2D eigenvalue weighted by atomic mass is 9.95. The number of hydrogen-bond acceptors (Lipinski definition) is 0. The monoisotopic (exact) mass is 444 g/mol. The van der Waals surface area contributed by atoms with Crippen LogP contribution >= 0.6 is 0 Å². The average Bonchev–Trinajstić information content (AvgIpc) is 2.73. The zero-order valence-corrected chi connectivity index (χ0v) is 17.0. The minimum absolute atomic E-state index is 0.00713. The van der Waals surface area contributed by atoms with Crippen LogP contribution in [0.4, 0.5) is 26.3 Å². The summed E-state index contributed by atoms with van der Waals surface area (Å²) in [5.41, 5.74) is -0.302. The van der Waals surface area contributed by atoms with Gasteiger partial charge in [0.15, 0.2) is 0 Å². The van der Waals surface area contributed by atoms with Gasteiger partial charge in [-0.25, -0.2) is 13.2 Å². The van der Waals surface area contributed by atoms with Crippen molar-refractivity contribution in [3.05, 3.63) is 95.3 Å². The van der Waals surface area contributed by atoms with E-state index >= 15 is 4.39 Å². The molecule has 164 valence electrons. The Balaban J connectivity index is 1.75. The van der Waals surface area contributed by atoms with E-state index in [1.165, 1.54) is 6.07 Å². The van der Waals surface area contributed by atoms with E-state index < -0.39 is 34.8 Å². The maximum Gasteiger partial charge on any atom is 0.416 e. The Kier molecular flexibility index (Phi) is 5.71. The van der Waals surface area contributed by atoms with E-state index in [2.05, 4.69) is 0 Å². The van der Waals surface area contributed by atoms with Crippen molar-refractivity contribution in [3.63, 3.8) is 0 Å². The zero-order chi connectivity index (χ0) is 23.0. The minimum Gasteiger partial charge on any atom is -0.206 e. The third-order valence-electron chi connectivity index (χ3n) is 5.41. The van der Waals surface area contributed by atoms with Gasteiger partial charge in [0.25, 0.3) is 0 Å². The van der Waals surface area contributed by atoms with E-state index in [1.54, 1.807) is 12.1 Å². The first-order valence-electron chi connectivity index (χ1n) is 10.1. The van der Waals surface area contributed by atoms with E-state index in [9.17, 15) is 22.0 Å². The summed E-state index contributed by atoms with van der Waals surface area (Å²) in [7, 11) is 0. The molecule has 0 aliphatic heterocycles. The molecule has 4 aromatic carbocycles. The second-order valence-corrected chi connectivity index (χ2v) is 7.62. The van der Waals surface area contributed by atoms with Crippen LogP contribution in [0.5, 0.6) is 0 Å². The first-order valence-corrected chi connectivity index (χ1v) is 10.1. The smallest absolute Gasteiger partial charge is 0.206 e. The quantitative estimate of drug-likeness (QED) is 0.277. The average molecular weight is 444 g/mol. The van der Waals surface area contributed by atoms with Gasteiger partial charge in [0, 0.05) is 10.9 Å². The molecule has 32 heavy (non-hydrogen) atoms. The predicted octanol–water partition coefficient (Wildman–Crippen LogP) is 8.56. The van der Waals surface area contributed by atoms with Gasteiger partial charge in [-0.05, 0) is 52.8 Å². The molecule has 0 spiro atoms. The van der Waals surface area contributed by atoms with Crippen molar-refractivity contribution < 1.29 is 26.3 Å². The van der Waals surface area contributed by atoms with Crippen LogP contribution in [0.15, 0.2) is 66.7 Å². The lowest BCUT2D eigenvalue weighted by molar-refractivity contribution is -0.137. The standard InChI is InChI=1S/C26H18F6/c1-2-3-15-4-10-20-17(12-15)7-11-21(25(20)29)18-13-22(27)24(23(28)14-18)16-5-8-19(9-6-16)26(30,31)32/h4-14H,2-3H2,1H3. The van der Waals surface area contributed by atoms with Crippen LogP contribution in [0, 0.1) is 17.5 Å². The molecule has 0 unspecified atom stereocenters. The molecule has 0 fully saturated rings. The van der Waals surface area contributed by atoms with Gasteiger partial charge in [0.1, 0.15) is 17.5 Å². The maximum atomic E-state index is 15.2. The summed E-state index contributed by atoms with van der Waals surface area (Å²) < 4.78 is 83.0. The molecule has 0 heterocycles. The Bertz CT molecular complexity index is 1260. The van der Waals surface area contributed by atoms with Gasteiger partial charge in [-0.15, -0.1) is 0 Å². The molecule has 0 N–H and O–H groups in total. The van der Waals surface area contributed by atoms with Crippen molar-refractivity contribution in [1.29, 1.82) is 0 Å². The van der Waals surface area contributed by atoms with Crippen LogP contribution in [-0.4, -0.2) is 0 Å². The zero-order valence-electron chi connectivity index (χ0n) is 17.0. The van der Waals surface area contributed by atoms with E-state index in [0.29, 0.717) is 10.8 Å². The molecule has 0 aliphatic rings. The summed E-state index contributed by atoms with van der Waals surface area (Å²) in [6.45, 7) is 2.05. The summed E-state index contributed by atoms with van der Waals surface area (Å²) in [5, 5.41) is 1.04. The summed E-state index contributed by atoms with van der Waals surface area (Å²) in [6.07, 6.45) is -2.73. The molecule has 0 saturated carbocycles. The number of hydrogen-bond donors (Lipinski definition) is 0. The van der Waals surface area contributed by atoms with Gasteiger partial charge in [0.2, 0.25) is 0 Å². The van der Waals surface area contributed by atoms with Gasteiger partial charge in [-0.1, -0.05) is 55.8 Å². The molecule has 4 rings (SSSR count). The number of aryl methyl sites for hydroxylation is 1. The fourth-order valence-electron chi connectivity index (χ4n) is 3.84. The largest absolute Gasteiger partial charge is 0.416 e. The van der Waals surface area contributed by atoms with Crippen LogP contribution in [0.1, 0.15) is 24.5 Å². The van der Waals surface area contributed by atoms with E-state index in [1.807, 2.05) is 19.1 Å². The highest BCUT2D eigenvalue weighted by molar-refractivity contribution is 5.89. The third-order valence-corrected chi connectivity index (χ3v) is 5.41. The van der Waals surface area contributed by atoms with Gasteiger partial charge in [-0.2, -0.15) is 13.2 Å². The van der Waals surface area contributed by atoms with E-state index in [0.717, 1.165) is 54.8 Å². The molecule has 0 nitrogen and oxygen atoms in total. The Morgan fingerprint density at radius 2 is 1.38 bits per heavy atom. The van der Waals surface area contributed by atoms with Crippen molar-refractivity contribution in [2.75, 3.05) is 0 Å². The Labute approximate surface area is 181 Å². The number of benzene rings is 4. The Morgan fingerprint density at radius 3 is 1.97 bits per heavy atom. The molecular weight excluding hydrogens is 426 g/mol. The SMILES string of the molecule is CCCc1ccc2c(F)c(-c3cc(F)c(-c4ccc(C(F)(F)F)cc4)c(F)c3)ccc2c1. The van der Waals surface area contributed by atoms with Crippen molar-refractivity contribution in [1.82, 2.24) is 0 Å². The highest BCUT2D eigenvalue weighted by atomic mass is 19.4. The summed E-state index contributed by atoms with van der Waals surface area (Å²) in [5.74, 6) is -2.57. The van der Waals surface area contributed by atoms with Crippen molar-refractivity contribution in [2.45, 2.75) is 25.9 Å². The van der Waals surface area contributed by atoms with Gasteiger partial charge in [-0.3, -0.25) is 0 Å². The molecule has 4 aromatic rings. The van der Waals surface area contributed by atoms with E-state index in [-0.39, 0.29) is 16.7 Å². The number of alkyl halides is 3. The highest BCUT2D eigenvalue weighted by Gasteiger charge is 2.30. The molecule has 0 saturated heterocycles. The molecule has 0 radical (unpaired) electrons. The normalized spacial score (nSPS) is 11.8. The van der Waals surface area contributed by atoms with Crippen molar-refractivity contribution in [3.8, 4) is 22.3 Å². The first-order chi connectivity index (χ1) is 15.2. The summed E-state index contributed by atoms with van der Waals surface area (Å²) >= 11 is 0. The molecule has 0 aliphatic carbocycles. The van der Waals surface area contributed by atoms with Crippen LogP contribution in [0.2, 0.25) is 0 Å². The van der Waals surface area contributed by atoms with Crippen molar-refractivity contribution in [2.24, 2.45) is 0 Å². The molecule has 0 atom stereocenters. The fraction of sp³-hybridized carbons (Fsp3) is 0.154. The van der Waals surface area contributed by atoms with Crippen LogP contribution in [0.25, 0.3) is 33.0 Å². The van der Waals surface area contributed by atoms with Gasteiger partial charge >= 0.3 is 6.18 Å². The van der Waals surface area contributed by atoms with Crippen LogP contribution in [0.3, 0.4) is 0 Å². The molecule has 6 heteroatoms. The number of fused-ring (bicyclic) bond motifs is 1. The minimum atomic E-state index is -4.55. The van der Waals surface area contributed by atoms with Crippen molar-refractivity contribution >= 4 is 10.8 Å². The second kappa shape index (κ2) is 8.34. The van der Waals surface area contributed by atoms with Crippen LogP contribution < -0.4 is 0 Å². The number of rotatable bonds is 4. The highest BCUT2D eigenvalue weighted by Crippen LogP contribution is 2.36. The maximum absolute atomic E-state index is 15.2. The summed E-state index contributed by atoms with van der Waals surface area (Å²) in [4.78, 5) is 0. The lowest BCUT2D eigenvalue weighted by Gasteiger charge is -2.12. The molecular formula is C26H18F6. The Morgan fingerprint density at radius 1 is 0.719 bits per heavy atom. The summed E-state index contributed by atoms with van der Waals surface area (Å²) in [6, 6.07) is 14.1. The Hall–Kier alpha value is -3.28. The van der Waals surface area contributed by atoms with Gasteiger partial charge < -0.3 is 0 Å². The molecule has 0 aromatic heterocycles. The first kappa shape index (κ1) is 21.9. The fourth-order valence-corrected chi connectivity index (χ4v) is 3.84. The van der Waals surface area contributed by atoms with Crippen LogP contribution in [-0.2, 0) is 12.6 Å².